The molecule has 4 atom stereocenters. The predicted molar refractivity (Wildman–Crippen MR) is 150 cm³/mol. The maximum Gasteiger partial charge on any atom is 0.407 e. The van der Waals surface area contributed by atoms with E-state index in [-0.39, 0.29) is 6.54 Å². The number of aliphatic hydroxyl groups excluding tert-OH is 1. The molecule has 5 rings (SSSR count). The Labute approximate surface area is 229 Å². The van der Waals surface area contributed by atoms with Crippen molar-refractivity contribution in [3.05, 3.63) is 138 Å². The Balaban J connectivity index is 1.71. The molecule has 1 aliphatic heterocycles. The van der Waals surface area contributed by atoms with Crippen molar-refractivity contribution in [2.75, 3.05) is 13.7 Å². The molecule has 0 bridgehead atoms. The fraction of sp³-hybridized carbons (Fsp3) is 0.242. The molecule has 1 amide bonds. The Morgan fingerprint density at radius 1 is 0.795 bits per heavy atom. The largest absolute Gasteiger partial charge is 0.497 e. The summed E-state index contributed by atoms with van der Waals surface area (Å²) in [5, 5.41) is 21.7. The van der Waals surface area contributed by atoms with Gasteiger partial charge >= 0.3 is 6.09 Å². The van der Waals surface area contributed by atoms with E-state index < -0.39 is 35.9 Å². The smallest absolute Gasteiger partial charge is 0.407 e. The van der Waals surface area contributed by atoms with Gasteiger partial charge in [0.2, 0.25) is 0 Å². The highest BCUT2D eigenvalue weighted by Gasteiger charge is 2.49. The molecule has 4 aromatic carbocycles. The Kier molecular flexibility index (Phi) is 7.68. The van der Waals surface area contributed by atoms with E-state index in [1.165, 1.54) is 4.90 Å². The van der Waals surface area contributed by atoms with Crippen LogP contribution in [-0.4, -0.2) is 53.1 Å². The van der Waals surface area contributed by atoms with Crippen molar-refractivity contribution in [3.63, 3.8) is 0 Å². The Morgan fingerprint density at radius 3 is 1.67 bits per heavy atom. The Hall–Kier alpha value is -4.13. The molecular weight excluding hydrogens is 490 g/mol. The van der Waals surface area contributed by atoms with Crippen molar-refractivity contribution in [1.82, 2.24) is 4.90 Å². The van der Waals surface area contributed by atoms with Crippen LogP contribution in [0.25, 0.3) is 0 Å². The van der Waals surface area contributed by atoms with Crippen LogP contribution in [0.1, 0.15) is 35.1 Å². The minimum Gasteiger partial charge on any atom is -0.497 e. The number of ether oxygens (including phenoxy) is 2. The number of nitrogens with zero attached hydrogens (tertiary/aromatic N) is 1. The molecule has 0 radical (unpaired) electrons. The number of aliphatic hydroxyl groups is 1. The predicted octanol–water partition coefficient (Wildman–Crippen LogP) is 5.90. The monoisotopic (exact) mass is 523 g/mol. The summed E-state index contributed by atoms with van der Waals surface area (Å²) in [5.74, 6) is 0.214. The van der Waals surface area contributed by atoms with Crippen molar-refractivity contribution in [2.24, 2.45) is 0 Å². The van der Waals surface area contributed by atoms with Gasteiger partial charge in [-0.2, -0.15) is 0 Å². The Morgan fingerprint density at radius 2 is 1.26 bits per heavy atom. The summed E-state index contributed by atoms with van der Waals surface area (Å²) < 4.78 is 12.6. The van der Waals surface area contributed by atoms with E-state index in [0.29, 0.717) is 5.75 Å². The molecule has 6 heteroatoms. The number of hydrogen-bond acceptors (Lipinski definition) is 4. The van der Waals surface area contributed by atoms with Crippen LogP contribution in [0.5, 0.6) is 5.75 Å². The van der Waals surface area contributed by atoms with Gasteiger partial charge in [0.05, 0.1) is 31.9 Å². The van der Waals surface area contributed by atoms with Crippen LogP contribution in [0.15, 0.2) is 115 Å². The second kappa shape index (κ2) is 11.3. The standard InChI is InChI=1S/C33H33NO5/c1-23-31(35)30(24-18-20-28(38-2)21-19-24)29(22-34(23)32(36)37)39-33(25-12-6-3-7-13-25,26-14-8-4-9-15-26)27-16-10-5-11-17-27/h3-21,23,29-31,35H,22H2,1-2H3,(H,36,37)/t23?,29-,30+,31+/m1/s1. The summed E-state index contributed by atoms with van der Waals surface area (Å²) in [6.45, 7) is 1.84. The Bertz CT molecular complexity index is 1270. The average Bonchev–Trinajstić information content (AvgIpc) is 2.99. The summed E-state index contributed by atoms with van der Waals surface area (Å²) in [6, 6.07) is 36.8. The SMILES string of the molecule is COc1ccc([C@H]2[C@H](OC(c3ccccc3)(c3ccccc3)c3ccccc3)CN(C(=O)O)C(C)[C@@H]2O)cc1. The quantitative estimate of drug-likeness (QED) is 0.295. The summed E-state index contributed by atoms with van der Waals surface area (Å²) in [7, 11) is 1.61. The molecular formula is C33H33NO5. The van der Waals surface area contributed by atoms with Crippen LogP contribution in [0, 0.1) is 0 Å². The van der Waals surface area contributed by atoms with E-state index in [1.807, 2.05) is 115 Å². The number of hydrogen-bond donors (Lipinski definition) is 2. The van der Waals surface area contributed by atoms with Crippen molar-refractivity contribution in [2.45, 2.75) is 36.7 Å². The van der Waals surface area contributed by atoms with Crippen LogP contribution in [-0.2, 0) is 10.3 Å². The molecule has 1 aliphatic rings. The molecule has 200 valence electrons. The summed E-state index contributed by atoms with van der Waals surface area (Å²) in [5.41, 5.74) is 2.51. The number of rotatable bonds is 7. The average molecular weight is 524 g/mol. The zero-order chi connectivity index (χ0) is 27.4. The maximum atomic E-state index is 12.3. The number of carbonyl (C=O) groups is 1. The lowest BCUT2D eigenvalue weighted by molar-refractivity contribution is -0.125. The fourth-order valence-electron chi connectivity index (χ4n) is 5.73. The minimum absolute atomic E-state index is 0.0957. The summed E-state index contributed by atoms with van der Waals surface area (Å²) in [4.78, 5) is 13.6. The van der Waals surface area contributed by atoms with E-state index in [9.17, 15) is 15.0 Å². The molecule has 0 aliphatic carbocycles. The van der Waals surface area contributed by atoms with Gasteiger partial charge in [-0.1, -0.05) is 103 Å². The molecule has 6 nitrogen and oxygen atoms in total. The third kappa shape index (κ3) is 5.01. The zero-order valence-corrected chi connectivity index (χ0v) is 22.1. The van der Waals surface area contributed by atoms with Crippen molar-refractivity contribution < 1.29 is 24.5 Å². The lowest BCUT2D eigenvalue weighted by Crippen LogP contribution is -2.59. The minimum atomic E-state index is -1.09. The van der Waals surface area contributed by atoms with Crippen LogP contribution in [0.2, 0.25) is 0 Å². The molecule has 0 aromatic heterocycles. The van der Waals surface area contributed by atoms with Crippen molar-refractivity contribution in [1.29, 1.82) is 0 Å². The molecule has 0 saturated carbocycles. The van der Waals surface area contributed by atoms with Gasteiger partial charge in [-0.25, -0.2) is 4.79 Å². The normalized spacial score (nSPS) is 21.4. The zero-order valence-electron chi connectivity index (χ0n) is 22.1. The number of carboxylic acid groups (broad SMARTS) is 1. The fourth-order valence-corrected chi connectivity index (χ4v) is 5.73. The highest BCUT2D eigenvalue weighted by atomic mass is 16.5. The first kappa shape index (κ1) is 26.5. The van der Waals surface area contributed by atoms with Crippen LogP contribution < -0.4 is 4.74 Å². The van der Waals surface area contributed by atoms with E-state index in [2.05, 4.69) is 0 Å². The van der Waals surface area contributed by atoms with E-state index in [0.717, 1.165) is 22.3 Å². The van der Waals surface area contributed by atoms with E-state index in [1.54, 1.807) is 14.0 Å². The molecule has 1 heterocycles. The van der Waals surface area contributed by atoms with Gasteiger partial charge in [-0.15, -0.1) is 0 Å². The number of piperidine rings is 1. The first-order chi connectivity index (χ1) is 19.0. The van der Waals surface area contributed by atoms with Gasteiger partial charge in [-0.05, 0) is 41.3 Å². The molecule has 1 saturated heterocycles. The second-order valence-electron chi connectivity index (χ2n) is 9.90. The summed E-state index contributed by atoms with van der Waals surface area (Å²) in [6.07, 6.45) is -2.76. The van der Waals surface area contributed by atoms with E-state index in [4.69, 9.17) is 9.47 Å². The van der Waals surface area contributed by atoms with Gasteiger partial charge < -0.3 is 24.6 Å². The van der Waals surface area contributed by atoms with E-state index >= 15 is 0 Å². The van der Waals surface area contributed by atoms with Crippen molar-refractivity contribution in [3.8, 4) is 5.75 Å². The van der Waals surface area contributed by atoms with Gasteiger partial charge in [0.15, 0.2) is 0 Å². The van der Waals surface area contributed by atoms with Crippen LogP contribution in [0.4, 0.5) is 4.79 Å². The molecule has 4 aromatic rings. The number of benzene rings is 4. The number of likely N-dealkylation sites (tertiary alicyclic amines) is 1. The van der Waals surface area contributed by atoms with Gasteiger partial charge in [0, 0.05) is 5.92 Å². The van der Waals surface area contributed by atoms with Gasteiger partial charge in [0.25, 0.3) is 0 Å². The van der Waals surface area contributed by atoms with Crippen LogP contribution >= 0.6 is 0 Å². The number of amides is 1. The first-order valence-electron chi connectivity index (χ1n) is 13.1. The topological polar surface area (TPSA) is 79.2 Å². The molecule has 39 heavy (non-hydrogen) atoms. The third-order valence-corrected chi connectivity index (χ3v) is 7.75. The second-order valence-corrected chi connectivity index (χ2v) is 9.90. The molecule has 1 unspecified atom stereocenters. The highest BCUT2D eigenvalue weighted by molar-refractivity contribution is 5.66. The van der Waals surface area contributed by atoms with Crippen LogP contribution in [0.3, 0.4) is 0 Å². The molecule has 0 spiro atoms. The maximum absolute atomic E-state index is 12.3. The number of methoxy groups -OCH3 is 1. The lowest BCUT2D eigenvalue weighted by atomic mass is 9.77. The summed E-state index contributed by atoms with van der Waals surface area (Å²) >= 11 is 0. The first-order valence-corrected chi connectivity index (χ1v) is 13.1. The lowest BCUT2D eigenvalue weighted by Gasteiger charge is -2.48. The van der Waals surface area contributed by atoms with Gasteiger partial charge in [-0.3, -0.25) is 0 Å². The highest BCUT2D eigenvalue weighted by Crippen LogP contribution is 2.45. The molecule has 1 fully saturated rings. The molecule has 2 N–H and O–H groups in total. The van der Waals surface area contributed by atoms with Crippen molar-refractivity contribution >= 4 is 6.09 Å². The van der Waals surface area contributed by atoms with Gasteiger partial charge in [0.1, 0.15) is 11.4 Å². The third-order valence-electron chi connectivity index (χ3n) is 7.75.